The number of likely N-dealkylation sites (N-methyl/N-ethyl adjacent to an activating group) is 1. The van der Waals surface area contributed by atoms with Crippen LogP contribution in [0.2, 0.25) is 0 Å². The van der Waals surface area contributed by atoms with Gasteiger partial charge in [0.1, 0.15) is 0 Å². The van der Waals surface area contributed by atoms with E-state index >= 15 is 0 Å². The number of nitrogens with two attached hydrogens (primary N) is 1. The zero-order chi connectivity index (χ0) is 12.3. The van der Waals surface area contributed by atoms with E-state index in [0.29, 0.717) is 0 Å². The predicted octanol–water partition coefficient (Wildman–Crippen LogP) is 0.794. The molecule has 1 aromatic rings. The van der Waals surface area contributed by atoms with Crippen LogP contribution >= 0.6 is 0 Å². The molecule has 94 valence electrons. The summed E-state index contributed by atoms with van der Waals surface area (Å²) in [4.78, 5) is 4.56. The number of hydrogen-bond donors (Lipinski definition) is 1. The second-order valence-electron chi connectivity index (χ2n) is 4.34. The molecule has 0 amide bonds. The van der Waals surface area contributed by atoms with Gasteiger partial charge in [0.15, 0.2) is 5.82 Å². The molecule has 0 atom stereocenters. The molecule has 1 aromatic heterocycles. The number of hydrogen-bond acceptors (Lipinski definition) is 5. The van der Waals surface area contributed by atoms with Crippen LogP contribution in [0.1, 0.15) is 13.9 Å². The zero-order valence-corrected chi connectivity index (χ0v) is 10.4. The summed E-state index contributed by atoms with van der Waals surface area (Å²) in [6.07, 6.45) is 3.58. The molecule has 1 aliphatic heterocycles. The molecule has 1 fully saturated rings. The normalized spacial score (nSPS) is 18.5. The van der Waals surface area contributed by atoms with E-state index in [1.807, 2.05) is 19.1 Å². The maximum atomic E-state index is 5.88. The van der Waals surface area contributed by atoms with Crippen molar-refractivity contribution >= 4 is 11.5 Å². The van der Waals surface area contributed by atoms with Gasteiger partial charge in [0.25, 0.3) is 0 Å². The summed E-state index contributed by atoms with van der Waals surface area (Å²) in [7, 11) is 2.14. The quantitative estimate of drug-likeness (QED) is 0.821. The first-order valence-electron chi connectivity index (χ1n) is 5.89. The molecule has 2 N–H and O–H groups in total. The summed E-state index contributed by atoms with van der Waals surface area (Å²) in [5.41, 5.74) is 7.57. The van der Waals surface area contributed by atoms with Crippen LogP contribution in [0, 0.1) is 0 Å². The molecule has 0 radical (unpaired) electrons. The molecular formula is C12H21N5. The maximum absolute atomic E-state index is 5.88. The van der Waals surface area contributed by atoms with E-state index in [1.165, 1.54) is 0 Å². The van der Waals surface area contributed by atoms with E-state index in [0.717, 1.165) is 43.3 Å². The van der Waals surface area contributed by atoms with Gasteiger partial charge in [0.05, 0.1) is 6.20 Å². The van der Waals surface area contributed by atoms with Gasteiger partial charge in [0, 0.05) is 38.9 Å². The summed E-state index contributed by atoms with van der Waals surface area (Å²) in [6, 6.07) is 2.01. The second-order valence-corrected chi connectivity index (χ2v) is 4.34. The first-order chi connectivity index (χ1) is 8.20. The van der Waals surface area contributed by atoms with Crippen LogP contribution in [0.3, 0.4) is 0 Å². The van der Waals surface area contributed by atoms with Crippen molar-refractivity contribution in [2.75, 3.05) is 38.1 Å². The molecule has 0 aromatic carbocycles. The highest BCUT2D eigenvalue weighted by Gasteiger charge is 2.15. The highest BCUT2D eigenvalue weighted by molar-refractivity contribution is 5.64. The van der Waals surface area contributed by atoms with Crippen molar-refractivity contribution in [1.82, 2.24) is 15.1 Å². The minimum atomic E-state index is 0. The fourth-order valence-corrected chi connectivity index (χ4v) is 1.87. The molecular weight excluding hydrogens is 214 g/mol. The molecule has 0 aliphatic carbocycles. The number of allylic oxidation sites excluding steroid dienone is 1. The number of piperazine rings is 1. The first kappa shape index (κ1) is 11.9. The number of rotatable bonds is 2. The molecule has 5 heteroatoms. The Bertz CT molecular complexity index is 413. The van der Waals surface area contributed by atoms with Crippen molar-refractivity contribution in [2.45, 2.75) is 6.92 Å². The van der Waals surface area contributed by atoms with Crippen LogP contribution in [-0.2, 0) is 0 Å². The van der Waals surface area contributed by atoms with E-state index in [-0.39, 0.29) is 1.43 Å². The Morgan fingerprint density at radius 1 is 1.41 bits per heavy atom. The predicted molar refractivity (Wildman–Crippen MR) is 71.7 cm³/mol. The van der Waals surface area contributed by atoms with Crippen LogP contribution in [-0.4, -0.2) is 48.3 Å². The zero-order valence-electron chi connectivity index (χ0n) is 10.4. The lowest BCUT2D eigenvalue weighted by atomic mass is 10.2. The van der Waals surface area contributed by atoms with Crippen molar-refractivity contribution in [2.24, 2.45) is 5.73 Å². The van der Waals surface area contributed by atoms with E-state index in [2.05, 4.69) is 27.0 Å². The molecule has 0 unspecified atom stereocenters. The Hall–Kier alpha value is -1.62. The summed E-state index contributed by atoms with van der Waals surface area (Å²) in [5.74, 6) is 0.917. The first-order valence-corrected chi connectivity index (χ1v) is 5.89. The number of aromatic nitrogens is 2. The Morgan fingerprint density at radius 2 is 2.12 bits per heavy atom. The van der Waals surface area contributed by atoms with Crippen molar-refractivity contribution in [3.8, 4) is 0 Å². The minimum Gasteiger partial charge on any atom is -0.398 e. The van der Waals surface area contributed by atoms with E-state index in [4.69, 9.17) is 5.73 Å². The molecule has 17 heavy (non-hydrogen) atoms. The molecule has 1 aliphatic rings. The third-order valence-electron chi connectivity index (χ3n) is 3.11. The van der Waals surface area contributed by atoms with Crippen molar-refractivity contribution < 1.29 is 1.43 Å². The lowest BCUT2D eigenvalue weighted by molar-refractivity contribution is 0.312. The SMILES string of the molecule is C/C=C(\N)c1cnnc(N2CCN(C)CC2)c1.[HH]. The molecule has 0 bridgehead atoms. The lowest BCUT2D eigenvalue weighted by Gasteiger charge is -2.32. The Morgan fingerprint density at radius 3 is 2.76 bits per heavy atom. The summed E-state index contributed by atoms with van der Waals surface area (Å²) in [6.45, 7) is 6.02. The minimum absolute atomic E-state index is 0. The lowest BCUT2D eigenvalue weighted by Crippen LogP contribution is -2.44. The highest BCUT2D eigenvalue weighted by atomic mass is 15.3. The molecule has 0 saturated carbocycles. The topological polar surface area (TPSA) is 58.3 Å². The van der Waals surface area contributed by atoms with Gasteiger partial charge < -0.3 is 15.5 Å². The summed E-state index contributed by atoms with van der Waals surface area (Å²) < 4.78 is 0. The fraction of sp³-hybridized carbons (Fsp3) is 0.500. The molecule has 5 nitrogen and oxygen atoms in total. The van der Waals surface area contributed by atoms with Crippen molar-refractivity contribution in [1.29, 1.82) is 0 Å². The molecule has 2 heterocycles. The monoisotopic (exact) mass is 235 g/mol. The second kappa shape index (κ2) is 5.14. The van der Waals surface area contributed by atoms with Crippen LogP contribution in [0.25, 0.3) is 5.70 Å². The van der Waals surface area contributed by atoms with E-state index in [1.54, 1.807) is 6.20 Å². The van der Waals surface area contributed by atoms with Gasteiger partial charge >= 0.3 is 0 Å². The average molecular weight is 235 g/mol. The van der Waals surface area contributed by atoms with Crippen LogP contribution in [0.4, 0.5) is 5.82 Å². The van der Waals surface area contributed by atoms with Crippen LogP contribution in [0.15, 0.2) is 18.3 Å². The van der Waals surface area contributed by atoms with E-state index in [9.17, 15) is 0 Å². The Kier molecular flexibility index (Phi) is 3.58. The van der Waals surface area contributed by atoms with Crippen molar-refractivity contribution in [3.05, 3.63) is 23.9 Å². The maximum Gasteiger partial charge on any atom is 0.151 e. The van der Waals surface area contributed by atoms with E-state index < -0.39 is 0 Å². The highest BCUT2D eigenvalue weighted by Crippen LogP contribution is 2.16. The average Bonchev–Trinajstić information content (AvgIpc) is 2.39. The Balaban J connectivity index is 0.00000162. The third-order valence-corrected chi connectivity index (χ3v) is 3.11. The Labute approximate surface area is 103 Å². The fourth-order valence-electron chi connectivity index (χ4n) is 1.87. The van der Waals surface area contributed by atoms with Crippen LogP contribution < -0.4 is 10.6 Å². The standard InChI is InChI=1S/C12H19N5.H2/c1-3-11(13)10-8-12(15-14-9-10)17-6-4-16(2)5-7-17;/h3,8-9H,4-7,13H2,1-2H3;1H/b11-3-;. The smallest absolute Gasteiger partial charge is 0.151 e. The van der Waals surface area contributed by atoms with Gasteiger partial charge in [-0.1, -0.05) is 6.08 Å². The van der Waals surface area contributed by atoms with Gasteiger partial charge in [-0.25, -0.2) is 0 Å². The number of nitrogens with zero attached hydrogens (tertiary/aromatic N) is 4. The number of anilines is 1. The van der Waals surface area contributed by atoms with Gasteiger partial charge in [-0.2, -0.15) is 5.10 Å². The molecule has 0 spiro atoms. The largest absolute Gasteiger partial charge is 0.398 e. The third kappa shape index (κ3) is 2.74. The van der Waals surface area contributed by atoms with Crippen molar-refractivity contribution in [3.63, 3.8) is 0 Å². The van der Waals surface area contributed by atoms with Gasteiger partial charge in [-0.3, -0.25) is 0 Å². The van der Waals surface area contributed by atoms with Gasteiger partial charge in [0.2, 0.25) is 0 Å². The van der Waals surface area contributed by atoms with Crippen LogP contribution in [0.5, 0.6) is 0 Å². The molecule has 1 saturated heterocycles. The van der Waals surface area contributed by atoms with Gasteiger partial charge in [-0.05, 0) is 20.0 Å². The van der Waals surface area contributed by atoms with Gasteiger partial charge in [-0.15, -0.1) is 5.10 Å². The summed E-state index contributed by atoms with van der Waals surface area (Å²) >= 11 is 0. The summed E-state index contributed by atoms with van der Waals surface area (Å²) in [5, 5.41) is 8.20. The molecule has 2 rings (SSSR count).